The molecule has 0 aromatic carbocycles. The van der Waals surface area contributed by atoms with Crippen molar-refractivity contribution in [2.24, 2.45) is 7.05 Å². The van der Waals surface area contributed by atoms with Gasteiger partial charge in [-0.05, 0) is 6.92 Å². The molecular weight excluding hydrogens is 242 g/mol. The van der Waals surface area contributed by atoms with Crippen LogP contribution < -0.4 is 5.32 Å². The average Bonchev–Trinajstić information content (AvgIpc) is 2.98. The van der Waals surface area contributed by atoms with Crippen LogP contribution in [0, 0.1) is 6.92 Å². The van der Waals surface area contributed by atoms with E-state index in [9.17, 15) is 0 Å². The zero-order chi connectivity index (χ0) is 13.2. The van der Waals surface area contributed by atoms with E-state index in [1.54, 1.807) is 4.52 Å². The quantitative estimate of drug-likeness (QED) is 0.749. The number of hydrogen-bond acceptors (Lipinski definition) is 5. The number of aromatic nitrogens is 6. The smallest absolute Gasteiger partial charge is 0.254 e. The van der Waals surface area contributed by atoms with Gasteiger partial charge in [-0.1, -0.05) is 0 Å². The highest BCUT2D eigenvalue weighted by molar-refractivity contribution is 5.44. The predicted octanol–water partition coefficient (Wildman–Crippen LogP) is 0.821. The fourth-order valence-corrected chi connectivity index (χ4v) is 2.00. The lowest BCUT2D eigenvalue weighted by molar-refractivity contribution is 0.785. The number of imidazole rings is 1. The second-order valence-corrected chi connectivity index (χ2v) is 4.39. The molecule has 0 aliphatic carbocycles. The summed E-state index contributed by atoms with van der Waals surface area (Å²) in [6, 6.07) is 1.96. The first-order valence-corrected chi connectivity index (χ1v) is 6.11. The molecule has 3 aromatic heterocycles. The van der Waals surface area contributed by atoms with E-state index in [1.807, 2.05) is 37.0 Å². The van der Waals surface area contributed by atoms with Gasteiger partial charge in [0.25, 0.3) is 5.78 Å². The van der Waals surface area contributed by atoms with Gasteiger partial charge in [-0.2, -0.15) is 14.6 Å². The Labute approximate surface area is 110 Å². The second kappa shape index (κ2) is 4.68. The Bertz CT molecular complexity index is 697. The number of rotatable bonds is 4. The Hall–Kier alpha value is -2.44. The molecule has 1 N–H and O–H groups in total. The number of nitrogens with one attached hydrogen (secondary N) is 1. The molecule has 3 heterocycles. The maximum atomic E-state index is 4.30. The maximum absolute atomic E-state index is 4.30. The van der Waals surface area contributed by atoms with E-state index < -0.39 is 0 Å². The first-order valence-electron chi connectivity index (χ1n) is 6.11. The van der Waals surface area contributed by atoms with Crippen molar-refractivity contribution >= 4 is 11.6 Å². The number of hydrogen-bond donors (Lipinski definition) is 1. The summed E-state index contributed by atoms with van der Waals surface area (Å²) >= 11 is 0. The van der Waals surface area contributed by atoms with Crippen LogP contribution in [0.1, 0.15) is 11.5 Å². The van der Waals surface area contributed by atoms with Gasteiger partial charge in [0.05, 0.1) is 0 Å². The largest absolute Gasteiger partial charge is 0.369 e. The van der Waals surface area contributed by atoms with Gasteiger partial charge in [-0.25, -0.2) is 9.97 Å². The van der Waals surface area contributed by atoms with E-state index in [-0.39, 0.29) is 0 Å². The summed E-state index contributed by atoms with van der Waals surface area (Å²) in [6.07, 6.45) is 6.11. The lowest BCUT2D eigenvalue weighted by Crippen LogP contribution is -2.12. The van der Waals surface area contributed by atoms with Crippen molar-refractivity contribution in [1.29, 1.82) is 0 Å². The number of anilines is 1. The van der Waals surface area contributed by atoms with Crippen LogP contribution in [0.2, 0.25) is 0 Å². The molecule has 0 amide bonds. The van der Waals surface area contributed by atoms with Crippen LogP contribution in [-0.2, 0) is 13.5 Å². The number of fused-ring (bicyclic) bond motifs is 1. The van der Waals surface area contributed by atoms with Crippen LogP contribution in [0.4, 0.5) is 5.82 Å². The minimum Gasteiger partial charge on any atom is -0.369 e. The van der Waals surface area contributed by atoms with Crippen molar-refractivity contribution < 1.29 is 0 Å². The van der Waals surface area contributed by atoms with Gasteiger partial charge in [0.2, 0.25) is 0 Å². The first kappa shape index (κ1) is 11.6. The van der Waals surface area contributed by atoms with Crippen LogP contribution in [-0.4, -0.2) is 35.7 Å². The van der Waals surface area contributed by atoms with Gasteiger partial charge in [-0.15, -0.1) is 0 Å². The van der Waals surface area contributed by atoms with Crippen molar-refractivity contribution in [2.75, 3.05) is 11.9 Å². The fourth-order valence-electron chi connectivity index (χ4n) is 2.00. The average molecular weight is 257 g/mol. The molecular formula is C12H15N7. The van der Waals surface area contributed by atoms with E-state index in [2.05, 4.69) is 25.4 Å². The summed E-state index contributed by atoms with van der Waals surface area (Å²) in [7, 11) is 1.99. The van der Waals surface area contributed by atoms with Gasteiger partial charge in [0.15, 0.2) is 0 Å². The van der Waals surface area contributed by atoms with Gasteiger partial charge in [-0.3, -0.25) is 0 Å². The van der Waals surface area contributed by atoms with Crippen LogP contribution in [0.3, 0.4) is 0 Å². The van der Waals surface area contributed by atoms with Crippen LogP contribution >= 0.6 is 0 Å². The van der Waals surface area contributed by atoms with Crippen LogP contribution in [0.15, 0.2) is 24.8 Å². The highest BCUT2D eigenvalue weighted by atomic mass is 15.3. The summed E-state index contributed by atoms with van der Waals surface area (Å²) in [4.78, 5) is 12.7. The van der Waals surface area contributed by atoms with Crippen LogP contribution in [0.5, 0.6) is 0 Å². The molecule has 0 saturated carbocycles. The van der Waals surface area contributed by atoms with Gasteiger partial charge in [0.1, 0.15) is 18.0 Å². The summed E-state index contributed by atoms with van der Waals surface area (Å²) in [6.45, 7) is 2.72. The molecule has 7 nitrogen and oxygen atoms in total. The van der Waals surface area contributed by atoms with E-state index in [4.69, 9.17) is 0 Å². The minimum atomic E-state index is 0.611. The highest BCUT2D eigenvalue weighted by Gasteiger charge is 2.05. The molecule has 0 aliphatic heterocycles. The zero-order valence-corrected chi connectivity index (χ0v) is 10.9. The summed E-state index contributed by atoms with van der Waals surface area (Å²) in [5, 5.41) is 7.50. The molecule has 0 saturated heterocycles. The van der Waals surface area contributed by atoms with E-state index in [1.165, 1.54) is 6.33 Å². The normalized spacial score (nSPS) is 11.1. The predicted molar refractivity (Wildman–Crippen MR) is 70.9 cm³/mol. The monoisotopic (exact) mass is 257 g/mol. The third-order valence-electron chi connectivity index (χ3n) is 2.96. The molecule has 0 bridgehead atoms. The molecule has 0 radical (unpaired) electrons. The first-order chi connectivity index (χ1) is 9.24. The topological polar surface area (TPSA) is 72.9 Å². The summed E-state index contributed by atoms with van der Waals surface area (Å²) in [5.74, 6) is 2.56. The molecule has 3 rings (SSSR count). The van der Waals surface area contributed by atoms with E-state index in [0.717, 1.165) is 30.3 Å². The Morgan fingerprint density at radius 2 is 2.21 bits per heavy atom. The van der Waals surface area contributed by atoms with Crippen molar-refractivity contribution in [2.45, 2.75) is 13.3 Å². The number of aryl methyl sites for hydroxylation is 2. The third-order valence-corrected chi connectivity index (χ3v) is 2.96. The minimum absolute atomic E-state index is 0.611. The van der Waals surface area contributed by atoms with Gasteiger partial charge < -0.3 is 9.88 Å². The van der Waals surface area contributed by atoms with Crippen molar-refractivity contribution in [3.63, 3.8) is 0 Å². The van der Waals surface area contributed by atoms with Crippen LogP contribution in [0.25, 0.3) is 5.78 Å². The lowest BCUT2D eigenvalue weighted by atomic mass is 10.3. The SMILES string of the molecule is Cc1cc(NCCc2nccn2C)n2ncnc2n1. The highest BCUT2D eigenvalue weighted by Crippen LogP contribution is 2.10. The van der Waals surface area contributed by atoms with E-state index >= 15 is 0 Å². The molecule has 3 aromatic rings. The molecule has 0 spiro atoms. The summed E-state index contributed by atoms with van der Waals surface area (Å²) in [5.41, 5.74) is 0.917. The second-order valence-electron chi connectivity index (χ2n) is 4.39. The van der Waals surface area contributed by atoms with Gasteiger partial charge >= 0.3 is 0 Å². The molecule has 0 atom stereocenters. The Morgan fingerprint density at radius 1 is 1.32 bits per heavy atom. The number of nitrogens with zero attached hydrogens (tertiary/aromatic N) is 6. The Kier molecular flexibility index (Phi) is 2.86. The zero-order valence-electron chi connectivity index (χ0n) is 10.9. The lowest BCUT2D eigenvalue weighted by Gasteiger charge is -2.08. The molecule has 0 unspecified atom stereocenters. The molecule has 98 valence electrons. The third kappa shape index (κ3) is 2.26. The molecule has 0 aliphatic rings. The summed E-state index contributed by atoms with van der Waals surface area (Å²) < 4.78 is 3.72. The fraction of sp³-hybridized carbons (Fsp3) is 0.333. The van der Waals surface area contributed by atoms with E-state index in [0.29, 0.717) is 5.78 Å². The standard InChI is InChI=1S/C12H15N7/c1-9-7-11(19-12(17-9)15-8-16-19)13-4-3-10-14-5-6-18(10)2/h5-8,13H,3-4H2,1-2H3. The Balaban J connectivity index is 1.75. The Morgan fingerprint density at radius 3 is 3.00 bits per heavy atom. The maximum Gasteiger partial charge on any atom is 0.254 e. The van der Waals surface area contributed by atoms with Crippen molar-refractivity contribution in [3.05, 3.63) is 36.3 Å². The van der Waals surface area contributed by atoms with Crippen molar-refractivity contribution in [3.8, 4) is 0 Å². The van der Waals surface area contributed by atoms with Gasteiger partial charge in [0, 0.05) is 44.2 Å². The molecule has 19 heavy (non-hydrogen) atoms. The molecule has 0 fully saturated rings. The van der Waals surface area contributed by atoms with Crippen molar-refractivity contribution in [1.82, 2.24) is 29.1 Å². The molecule has 7 heteroatoms.